The summed E-state index contributed by atoms with van der Waals surface area (Å²) in [7, 11) is 0. The Balaban J connectivity index is 2.46. The van der Waals surface area contributed by atoms with E-state index in [1.807, 2.05) is 0 Å². The number of hydrogen-bond donors (Lipinski definition) is 2. The Morgan fingerprint density at radius 3 is 2.36 bits per heavy atom. The zero-order valence-corrected chi connectivity index (χ0v) is 8.73. The Morgan fingerprint density at radius 2 is 2.07 bits per heavy atom. The van der Waals surface area contributed by atoms with Gasteiger partial charge in [0.1, 0.15) is 5.60 Å². The fraction of sp³-hybridized carbons (Fsp3) is 0.889. The van der Waals surface area contributed by atoms with E-state index in [-0.39, 0.29) is 0 Å². The predicted molar refractivity (Wildman–Crippen MR) is 49.6 cm³/mol. The fourth-order valence-electron chi connectivity index (χ4n) is 1.26. The van der Waals surface area contributed by atoms with Gasteiger partial charge >= 0.3 is 6.09 Å². The third-order valence-corrected chi connectivity index (χ3v) is 2.04. The van der Waals surface area contributed by atoms with Gasteiger partial charge in [0.15, 0.2) is 6.29 Å². The van der Waals surface area contributed by atoms with Crippen molar-refractivity contribution in [2.75, 3.05) is 6.54 Å². The van der Waals surface area contributed by atoms with Gasteiger partial charge in [-0.2, -0.15) is 0 Å². The minimum Gasteiger partial charge on any atom is -0.444 e. The molecule has 5 nitrogen and oxygen atoms in total. The summed E-state index contributed by atoms with van der Waals surface area (Å²) in [6.07, 6.45) is -1.35. The van der Waals surface area contributed by atoms with Gasteiger partial charge in [-0.25, -0.2) is 4.79 Å². The van der Waals surface area contributed by atoms with Crippen LogP contribution in [0.15, 0.2) is 0 Å². The van der Waals surface area contributed by atoms with E-state index in [0.717, 1.165) is 0 Å². The van der Waals surface area contributed by atoms with Gasteiger partial charge in [0.05, 0.1) is 6.04 Å². The van der Waals surface area contributed by atoms with Crippen molar-refractivity contribution >= 4 is 6.09 Å². The van der Waals surface area contributed by atoms with Crippen molar-refractivity contribution in [2.45, 2.75) is 45.1 Å². The summed E-state index contributed by atoms with van der Waals surface area (Å²) < 4.78 is 5.09. The van der Waals surface area contributed by atoms with Gasteiger partial charge in [-0.05, 0) is 27.2 Å². The number of likely N-dealkylation sites (tertiary alicyclic amines) is 1. The second-order valence-electron chi connectivity index (χ2n) is 4.44. The normalized spacial score (nSPS) is 22.1. The molecular weight excluding hydrogens is 186 g/mol. The van der Waals surface area contributed by atoms with Crippen LogP contribution in [-0.2, 0) is 4.74 Å². The van der Waals surface area contributed by atoms with Crippen molar-refractivity contribution in [1.29, 1.82) is 0 Å². The maximum atomic E-state index is 11.4. The highest BCUT2D eigenvalue weighted by molar-refractivity contribution is 5.69. The molecule has 82 valence electrons. The molecule has 1 heterocycles. The molecule has 1 aliphatic rings. The van der Waals surface area contributed by atoms with Crippen LogP contribution >= 0.6 is 0 Å². The first-order valence-corrected chi connectivity index (χ1v) is 4.67. The molecule has 1 rings (SSSR count). The number of hydrogen-bond acceptors (Lipinski definition) is 4. The molecule has 0 aliphatic carbocycles. The third-order valence-electron chi connectivity index (χ3n) is 2.04. The minimum absolute atomic E-state index is 0.484. The van der Waals surface area contributed by atoms with Gasteiger partial charge in [-0.3, -0.25) is 4.90 Å². The Bertz CT molecular complexity index is 221. The summed E-state index contributed by atoms with van der Waals surface area (Å²) in [5.41, 5.74) is -0.544. The molecule has 0 radical (unpaired) electrons. The highest BCUT2D eigenvalue weighted by atomic mass is 16.6. The molecule has 1 unspecified atom stereocenters. The number of aliphatic hydroxyl groups is 2. The van der Waals surface area contributed by atoms with Gasteiger partial charge < -0.3 is 14.9 Å². The molecular formula is C9H17NO4. The molecule has 1 fully saturated rings. The average Bonchev–Trinajstić information content (AvgIpc) is 1.75. The van der Waals surface area contributed by atoms with Crippen molar-refractivity contribution in [1.82, 2.24) is 4.90 Å². The fourth-order valence-corrected chi connectivity index (χ4v) is 1.26. The van der Waals surface area contributed by atoms with Gasteiger partial charge in [0.2, 0.25) is 0 Å². The van der Waals surface area contributed by atoms with Crippen molar-refractivity contribution in [3.8, 4) is 0 Å². The predicted octanol–water partition coefficient (Wildman–Crippen LogP) is 0.307. The van der Waals surface area contributed by atoms with Crippen LogP contribution in [0.25, 0.3) is 0 Å². The van der Waals surface area contributed by atoms with E-state index in [0.29, 0.717) is 13.0 Å². The lowest BCUT2D eigenvalue weighted by molar-refractivity contribution is -0.130. The largest absolute Gasteiger partial charge is 0.444 e. The van der Waals surface area contributed by atoms with Crippen LogP contribution in [0, 0.1) is 0 Å². The van der Waals surface area contributed by atoms with Crippen molar-refractivity contribution < 1.29 is 19.7 Å². The van der Waals surface area contributed by atoms with Crippen LogP contribution in [0.1, 0.15) is 27.2 Å². The number of aliphatic hydroxyl groups excluding tert-OH is 1. The number of rotatable bonds is 1. The number of carbonyl (C=O) groups excluding carboxylic acids is 1. The van der Waals surface area contributed by atoms with Crippen LogP contribution in [0.2, 0.25) is 0 Å². The summed E-state index contributed by atoms with van der Waals surface area (Å²) in [5, 5.41) is 17.8. The van der Waals surface area contributed by atoms with Crippen LogP contribution in [0.5, 0.6) is 0 Å². The molecule has 1 aliphatic heterocycles. The van der Waals surface area contributed by atoms with Crippen LogP contribution in [0.4, 0.5) is 4.79 Å². The molecule has 0 aromatic carbocycles. The summed E-state index contributed by atoms with van der Waals surface area (Å²) in [6.45, 7) is 5.84. The lowest BCUT2D eigenvalue weighted by atomic mass is 10.0. The smallest absolute Gasteiger partial charge is 0.410 e. The first-order valence-electron chi connectivity index (χ1n) is 4.67. The zero-order chi connectivity index (χ0) is 10.9. The van der Waals surface area contributed by atoms with Gasteiger partial charge in [0, 0.05) is 6.54 Å². The Kier molecular flexibility index (Phi) is 3.01. The summed E-state index contributed by atoms with van der Waals surface area (Å²) in [4.78, 5) is 12.8. The monoisotopic (exact) mass is 203 g/mol. The highest BCUT2D eigenvalue weighted by Crippen LogP contribution is 2.22. The van der Waals surface area contributed by atoms with E-state index < -0.39 is 24.0 Å². The van der Waals surface area contributed by atoms with Crippen molar-refractivity contribution in [2.24, 2.45) is 0 Å². The van der Waals surface area contributed by atoms with E-state index in [1.54, 1.807) is 20.8 Å². The van der Waals surface area contributed by atoms with Gasteiger partial charge in [-0.15, -0.1) is 0 Å². The number of nitrogens with zero attached hydrogens (tertiary/aromatic N) is 1. The maximum absolute atomic E-state index is 11.4. The van der Waals surface area contributed by atoms with Gasteiger partial charge in [0.25, 0.3) is 0 Å². The Labute approximate surface area is 83.3 Å². The molecule has 0 aromatic heterocycles. The van der Waals surface area contributed by atoms with Crippen LogP contribution in [-0.4, -0.2) is 45.7 Å². The molecule has 0 aromatic rings. The summed E-state index contributed by atoms with van der Waals surface area (Å²) in [6, 6.07) is -0.509. The molecule has 14 heavy (non-hydrogen) atoms. The first kappa shape index (κ1) is 11.3. The minimum atomic E-state index is -1.48. The van der Waals surface area contributed by atoms with E-state index in [1.165, 1.54) is 4.90 Å². The first-order chi connectivity index (χ1) is 6.31. The standard InChI is InChI=1S/C9H17NO4/c1-9(2,3)14-8(13)10-5-4-6(10)7(11)12/h6-7,11-12H,4-5H2,1-3H3. The summed E-state index contributed by atoms with van der Waals surface area (Å²) in [5.74, 6) is 0. The van der Waals surface area contributed by atoms with Crippen LogP contribution < -0.4 is 0 Å². The Hall–Kier alpha value is -0.810. The highest BCUT2D eigenvalue weighted by Gasteiger charge is 2.38. The number of ether oxygens (including phenoxy) is 1. The van der Waals surface area contributed by atoms with Crippen molar-refractivity contribution in [3.63, 3.8) is 0 Å². The van der Waals surface area contributed by atoms with Crippen LogP contribution in [0.3, 0.4) is 0 Å². The van der Waals surface area contributed by atoms with E-state index in [4.69, 9.17) is 14.9 Å². The maximum Gasteiger partial charge on any atom is 0.410 e. The topological polar surface area (TPSA) is 70.0 Å². The number of amides is 1. The van der Waals surface area contributed by atoms with E-state index in [2.05, 4.69) is 0 Å². The zero-order valence-electron chi connectivity index (χ0n) is 8.73. The lowest BCUT2D eigenvalue weighted by Gasteiger charge is -2.41. The molecule has 1 atom stereocenters. The summed E-state index contributed by atoms with van der Waals surface area (Å²) >= 11 is 0. The van der Waals surface area contributed by atoms with Gasteiger partial charge in [-0.1, -0.05) is 0 Å². The molecule has 1 amide bonds. The Morgan fingerprint density at radius 1 is 1.50 bits per heavy atom. The third kappa shape index (κ3) is 2.59. The molecule has 1 saturated heterocycles. The molecule has 0 saturated carbocycles. The van der Waals surface area contributed by atoms with E-state index >= 15 is 0 Å². The second-order valence-corrected chi connectivity index (χ2v) is 4.44. The molecule has 0 spiro atoms. The van der Waals surface area contributed by atoms with E-state index in [9.17, 15) is 4.79 Å². The lowest BCUT2D eigenvalue weighted by Crippen LogP contribution is -2.57. The average molecular weight is 203 g/mol. The van der Waals surface area contributed by atoms with Crippen molar-refractivity contribution in [3.05, 3.63) is 0 Å². The molecule has 0 bridgehead atoms. The SMILES string of the molecule is CC(C)(C)OC(=O)N1CCC1C(O)O. The number of carbonyl (C=O) groups is 1. The molecule has 2 N–H and O–H groups in total. The second kappa shape index (κ2) is 3.74. The molecule has 5 heteroatoms. The quantitative estimate of drug-likeness (QED) is 0.602.